The molecule has 0 saturated carbocycles. The van der Waals surface area contributed by atoms with Gasteiger partial charge in [0.1, 0.15) is 6.17 Å². The third kappa shape index (κ3) is 3.27. The lowest BCUT2D eigenvalue weighted by molar-refractivity contribution is 0.0728. The first-order valence-electron chi connectivity index (χ1n) is 9.58. The molecule has 0 unspecified atom stereocenters. The Morgan fingerprint density at radius 3 is 2.46 bits per heavy atom. The third-order valence-corrected chi connectivity index (χ3v) is 5.75. The molecule has 4 heteroatoms. The zero-order valence-electron chi connectivity index (χ0n) is 16.1. The van der Waals surface area contributed by atoms with Gasteiger partial charge in [-0.05, 0) is 42.2 Å². The molecule has 0 saturated heterocycles. The Hall–Kier alpha value is -2.78. The number of benzene rings is 3. The number of nitrogens with zero attached hydrogens (tertiary/aromatic N) is 1. The average molecular weight is 391 g/mol. The summed E-state index contributed by atoms with van der Waals surface area (Å²) in [6.45, 7) is 4.70. The normalized spacial score (nSPS) is 15.6. The number of hydrogen-bond donors (Lipinski definition) is 1. The van der Waals surface area contributed by atoms with Crippen LogP contribution in [-0.2, 0) is 13.0 Å². The fourth-order valence-electron chi connectivity index (χ4n) is 3.87. The number of para-hydroxylation sites is 1. The maximum absolute atomic E-state index is 13.2. The standard InChI is InChI=1S/C24H23ClN2O/c1-3-17-11-8-9-16(2)22(17)26-23-19-12-5-6-13-20(19)24(28)27(23)15-18-10-4-7-14-21(18)25/h4-14,23,26H,3,15H2,1-2H3/t23-/m0/s1. The molecule has 0 spiro atoms. The zero-order chi connectivity index (χ0) is 19.7. The molecule has 4 rings (SSSR count). The van der Waals surface area contributed by atoms with Crippen LogP contribution in [0.1, 0.15) is 45.7 Å². The summed E-state index contributed by atoms with van der Waals surface area (Å²) in [4.78, 5) is 15.1. The van der Waals surface area contributed by atoms with Crippen LogP contribution in [0.2, 0.25) is 5.02 Å². The average Bonchev–Trinajstić information content (AvgIpc) is 2.97. The number of carbonyl (C=O) groups is 1. The molecule has 1 N–H and O–H groups in total. The van der Waals surface area contributed by atoms with E-state index in [1.807, 2.05) is 53.4 Å². The van der Waals surface area contributed by atoms with E-state index in [1.165, 1.54) is 11.1 Å². The van der Waals surface area contributed by atoms with Gasteiger partial charge in [0.05, 0.1) is 0 Å². The Morgan fingerprint density at radius 2 is 1.68 bits per heavy atom. The van der Waals surface area contributed by atoms with Crippen LogP contribution in [0.3, 0.4) is 0 Å². The van der Waals surface area contributed by atoms with Crippen LogP contribution >= 0.6 is 11.6 Å². The highest BCUT2D eigenvalue weighted by atomic mass is 35.5. The number of nitrogens with one attached hydrogen (secondary N) is 1. The van der Waals surface area contributed by atoms with Gasteiger partial charge < -0.3 is 10.2 Å². The van der Waals surface area contributed by atoms with E-state index in [2.05, 4.69) is 37.4 Å². The molecule has 142 valence electrons. The quantitative estimate of drug-likeness (QED) is 0.581. The second-order valence-electron chi connectivity index (χ2n) is 7.12. The van der Waals surface area contributed by atoms with Gasteiger partial charge in [-0.25, -0.2) is 0 Å². The molecule has 3 aromatic carbocycles. The van der Waals surface area contributed by atoms with Gasteiger partial charge in [0.15, 0.2) is 0 Å². The lowest BCUT2D eigenvalue weighted by atomic mass is 10.0. The van der Waals surface area contributed by atoms with E-state index in [1.54, 1.807) is 0 Å². The topological polar surface area (TPSA) is 32.3 Å². The number of carbonyl (C=O) groups excluding carboxylic acids is 1. The molecule has 0 fully saturated rings. The van der Waals surface area contributed by atoms with Crippen molar-refractivity contribution in [1.82, 2.24) is 4.90 Å². The Balaban J connectivity index is 1.75. The van der Waals surface area contributed by atoms with Crippen molar-refractivity contribution in [3.8, 4) is 0 Å². The summed E-state index contributed by atoms with van der Waals surface area (Å²) < 4.78 is 0. The van der Waals surface area contributed by atoms with Crippen molar-refractivity contribution in [2.45, 2.75) is 33.0 Å². The van der Waals surface area contributed by atoms with Gasteiger partial charge in [0.2, 0.25) is 0 Å². The van der Waals surface area contributed by atoms with Crippen LogP contribution in [-0.4, -0.2) is 10.8 Å². The molecule has 1 aliphatic heterocycles. The summed E-state index contributed by atoms with van der Waals surface area (Å²) in [5.74, 6) is 0.0275. The van der Waals surface area contributed by atoms with Gasteiger partial charge in [-0.2, -0.15) is 0 Å². The number of fused-ring (bicyclic) bond motifs is 1. The van der Waals surface area contributed by atoms with Crippen molar-refractivity contribution in [2.24, 2.45) is 0 Å². The molecule has 1 amide bonds. The van der Waals surface area contributed by atoms with Crippen molar-refractivity contribution in [1.29, 1.82) is 0 Å². The minimum absolute atomic E-state index is 0.0275. The predicted octanol–water partition coefficient (Wildman–Crippen LogP) is 5.98. The first-order chi connectivity index (χ1) is 13.6. The molecule has 3 aromatic rings. The molecule has 28 heavy (non-hydrogen) atoms. The Morgan fingerprint density at radius 1 is 0.964 bits per heavy atom. The lowest BCUT2D eigenvalue weighted by Gasteiger charge is -2.29. The van der Waals surface area contributed by atoms with E-state index in [0.29, 0.717) is 11.6 Å². The van der Waals surface area contributed by atoms with Crippen molar-refractivity contribution in [3.63, 3.8) is 0 Å². The molecule has 1 heterocycles. The van der Waals surface area contributed by atoms with Crippen LogP contribution in [0, 0.1) is 6.92 Å². The van der Waals surface area contributed by atoms with E-state index >= 15 is 0 Å². The first kappa shape index (κ1) is 18.6. The number of halogens is 1. The minimum Gasteiger partial charge on any atom is -0.361 e. The van der Waals surface area contributed by atoms with Crippen LogP contribution in [0.25, 0.3) is 0 Å². The van der Waals surface area contributed by atoms with Gasteiger partial charge in [0, 0.05) is 28.4 Å². The molecule has 3 nitrogen and oxygen atoms in total. The van der Waals surface area contributed by atoms with Gasteiger partial charge in [-0.15, -0.1) is 0 Å². The number of amides is 1. The molecule has 0 aromatic heterocycles. The second-order valence-corrected chi connectivity index (χ2v) is 7.53. The van der Waals surface area contributed by atoms with Gasteiger partial charge in [-0.3, -0.25) is 4.79 Å². The van der Waals surface area contributed by atoms with Crippen molar-refractivity contribution >= 4 is 23.2 Å². The molecule has 1 aliphatic rings. The monoisotopic (exact) mass is 390 g/mol. The number of aryl methyl sites for hydroxylation is 2. The lowest BCUT2D eigenvalue weighted by Crippen LogP contribution is -2.32. The fraction of sp³-hybridized carbons (Fsp3) is 0.208. The summed E-state index contributed by atoms with van der Waals surface area (Å²) in [5.41, 5.74) is 6.22. The highest BCUT2D eigenvalue weighted by molar-refractivity contribution is 6.31. The van der Waals surface area contributed by atoms with E-state index < -0.39 is 0 Å². The van der Waals surface area contributed by atoms with Crippen LogP contribution < -0.4 is 5.32 Å². The van der Waals surface area contributed by atoms with Crippen molar-refractivity contribution < 1.29 is 4.79 Å². The maximum Gasteiger partial charge on any atom is 0.256 e. The summed E-state index contributed by atoms with van der Waals surface area (Å²) in [6, 6.07) is 21.8. The Bertz CT molecular complexity index is 1030. The summed E-state index contributed by atoms with van der Waals surface area (Å²) in [6.07, 6.45) is 0.697. The fourth-order valence-corrected chi connectivity index (χ4v) is 4.06. The van der Waals surface area contributed by atoms with Gasteiger partial charge >= 0.3 is 0 Å². The molecule has 0 radical (unpaired) electrons. The smallest absolute Gasteiger partial charge is 0.256 e. The van der Waals surface area contributed by atoms with E-state index in [-0.39, 0.29) is 12.1 Å². The maximum atomic E-state index is 13.2. The summed E-state index contributed by atoms with van der Waals surface area (Å²) >= 11 is 6.38. The van der Waals surface area contributed by atoms with Gasteiger partial charge in [-0.1, -0.05) is 73.1 Å². The highest BCUT2D eigenvalue weighted by Gasteiger charge is 2.37. The van der Waals surface area contributed by atoms with Gasteiger partial charge in [0.25, 0.3) is 5.91 Å². The Kier molecular flexibility index (Phi) is 5.10. The number of anilines is 1. The Labute approximate surface area is 171 Å². The second kappa shape index (κ2) is 7.69. The highest BCUT2D eigenvalue weighted by Crippen LogP contribution is 2.37. The largest absolute Gasteiger partial charge is 0.361 e. The van der Waals surface area contributed by atoms with Crippen molar-refractivity contribution in [3.05, 3.63) is 99.6 Å². The van der Waals surface area contributed by atoms with Crippen LogP contribution in [0.4, 0.5) is 5.69 Å². The van der Waals surface area contributed by atoms with Crippen molar-refractivity contribution in [2.75, 3.05) is 5.32 Å². The number of rotatable bonds is 5. The van der Waals surface area contributed by atoms with E-state index in [9.17, 15) is 4.79 Å². The molecule has 1 atom stereocenters. The molecular formula is C24H23ClN2O. The van der Waals surface area contributed by atoms with Crippen LogP contribution in [0.15, 0.2) is 66.7 Å². The minimum atomic E-state index is -0.230. The molecule has 0 bridgehead atoms. The van der Waals surface area contributed by atoms with Crippen LogP contribution in [0.5, 0.6) is 0 Å². The van der Waals surface area contributed by atoms with E-state index in [4.69, 9.17) is 11.6 Å². The van der Waals surface area contributed by atoms with E-state index in [0.717, 1.165) is 28.8 Å². The SMILES string of the molecule is CCc1cccc(C)c1N[C@@H]1c2ccccc2C(=O)N1Cc1ccccc1Cl. The summed E-state index contributed by atoms with van der Waals surface area (Å²) in [7, 11) is 0. The number of hydrogen-bond acceptors (Lipinski definition) is 2. The third-order valence-electron chi connectivity index (χ3n) is 5.38. The predicted molar refractivity (Wildman–Crippen MR) is 115 cm³/mol. The molecule has 0 aliphatic carbocycles. The zero-order valence-corrected chi connectivity index (χ0v) is 16.8. The first-order valence-corrected chi connectivity index (χ1v) is 9.96. The molecular weight excluding hydrogens is 368 g/mol. The summed E-state index contributed by atoms with van der Waals surface area (Å²) in [5, 5.41) is 4.34.